The van der Waals surface area contributed by atoms with Crippen molar-refractivity contribution in [3.63, 3.8) is 0 Å². The van der Waals surface area contributed by atoms with Crippen LogP contribution in [0, 0.1) is 0 Å². The fraction of sp³-hybridized carbons (Fsp3) is 0.778. The molecule has 0 aromatic heterocycles. The number of primary amides is 1. The average Bonchev–Trinajstić information content (AvgIpc) is 2.52. The molecule has 1 aliphatic heterocycles. The number of hydrogen-bond donors (Lipinski definition) is 3. The summed E-state index contributed by atoms with van der Waals surface area (Å²) in [4.78, 5) is 19.9. The summed E-state index contributed by atoms with van der Waals surface area (Å²) in [5.41, 5.74) is 4.63. The van der Waals surface area contributed by atoms with Crippen LogP contribution in [0.15, 0.2) is 0 Å². The van der Waals surface area contributed by atoms with Crippen molar-refractivity contribution in [3.8, 4) is 0 Å². The van der Waals surface area contributed by atoms with E-state index in [2.05, 4.69) is 15.8 Å². The molecule has 1 heterocycles. The lowest BCUT2D eigenvalue weighted by atomic mass is 10.2. The van der Waals surface area contributed by atoms with Crippen LogP contribution in [0.5, 0.6) is 0 Å². The summed E-state index contributed by atoms with van der Waals surface area (Å²) in [5, 5.41) is 11.2. The Morgan fingerprint density at radius 3 is 2.27 bits per heavy atom. The number of carbonyl (C=O) groups is 2. The van der Waals surface area contributed by atoms with Gasteiger partial charge in [-0.3, -0.25) is 4.79 Å². The molecule has 1 atom stereocenters. The van der Waals surface area contributed by atoms with Gasteiger partial charge in [-0.05, 0) is 33.2 Å². The summed E-state index contributed by atoms with van der Waals surface area (Å²) in [5.74, 6) is -0.720. The van der Waals surface area contributed by atoms with Crippen LogP contribution in [0.2, 0.25) is 0 Å². The second-order valence-electron chi connectivity index (χ2n) is 3.47. The number of carbonyl (C=O) groups excluding carboxylic acids is 1. The van der Waals surface area contributed by atoms with Crippen LogP contribution < -0.4 is 11.1 Å². The van der Waals surface area contributed by atoms with Gasteiger partial charge in [0.15, 0.2) is 0 Å². The minimum Gasteiger partial charge on any atom is -0.480 e. The zero-order valence-electron chi connectivity index (χ0n) is 9.03. The molecule has 0 aliphatic carbocycles. The number of nitrogens with two attached hydrogens (primary N) is 1. The number of aliphatic carboxylic acids is 1. The van der Waals surface area contributed by atoms with Crippen LogP contribution in [0.1, 0.15) is 26.7 Å². The van der Waals surface area contributed by atoms with Gasteiger partial charge in [0.2, 0.25) is 0 Å². The monoisotopic (exact) mass is 218 g/mol. The molecule has 15 heavy (non-hydrogen) atoms. The van der Waals surface area contributed by atoms with E-state index in [-0.39, 0.29) is 12.1 Å². The number of hydrogen-bond acceptors (Lipinski definition) is 4. The summed E-state index contributed by atoms with van der Waals surface area (Å²) in [6.45, 7) is 4.34. The van der Waals surface area contributed by atoms with Crippen molar-refractivity contribution in [1.82, 2.24) is 5.32 Å². The predicted octanol–water partition coefficient (Wildman–Crippen LogP) is 0.313. The summed E-state index contributed by atoms with van der Waals surface area (Å²) in [6.07, 6.45) is 0.972. The third-order valence-corrected chi connectivity index (χ3v) is 1.71. The Morgan fingerprint density at radius 2 is 2.13 bits per heavy atom. The van der Waals surface area contributed by atoms with Gasteiger partial charge in [-0.25, -0.2) is 4.79 Å². The van der Waals surface area contributed by atoms with Crippen LogP contribution in [-0.4, -0.2) is 35.9 Å². The molecule has 0 bridgehead atoms. The van der Waals surface area contributed by atoms with E-state index in [1.165, 1.54) is 0 Å². The van der Waals surface area contributed by atoms with Crippen LogP contribution >= 0.6 is 0 Å². The molecule has 6 heteroatoms. The zero-order valence-corrected chi connectivity index (χ0v) is 9.03. The Hall–Kier alpha value is -1.30. The standard InChI is InChI=1S/C5H9NO2.C4H9NO2/c7-5(8)4-2-1-3-6-4;1-3(2)7-4(5)6/h4,6H,1-3H2,(H,7,8);3H,1-2H3,(H2,5,6). The molecule has 0 spiro atoms. The summed E-state index contributed by atoms with van der Waals surface area (Å²) >= 11 is 0. The van der Waals surface area contributed by atoms with E-state index < -0.39 is 12.1 Å². The first-order valence-corrected chi connectivity index (χ1v) is 4.85. The number of amides is 1. The van der Waals surface area contributed by atoms with Crippen LogP contribution in [0.4, 0.5) is 4.79 Å². The Morgan fingerprint density at radius 1 is 1.53 bits per heavy atom. The highest BCUT2D eigenvalue weighted by Crippen LogP contribution is 2.03. The van der Waals surface area contributed by atoms with Gasteiger partial charge in [-0.1, -0.05) is 0 Å². The van der Waals surface area contributed by atoms with Crippen molar-refractivity contribution in [1.29, 1.82) is 0 Å². The molecule has 88 valence electrons. The molecule has 0 aromatic rings. The first kappa shape index (κ1) is 13.7. The van der Waals surface area contributed by atoms with E-state index in [0.717, 1.165) is 19.4 Å². The predicted molar refractivity (Wildman–Crippen MR) is 54.5 cm³/mol. The molecule has 1 aliphatic rings. The van der Waals surface area contributed by atoms with E-state index in [1.807, 2.05) is 0 Å². The molecule has 1 rings (SSSR count). The second kappa shape index (κ2) is 7.05. The molecule has 0 aromatic carbocycles. The van der Waals surface area contributed by atoms with E-state index in [4.69, 9.17) is 5.11 Å². The number of rotatable bonds is 2. The lowest BCUT2D eigenvalue weighted by molar-refractivity contribution is -0.139. The highest BCUT2D eigenvalue weighted by atomic mass is 16.6. The van der Waals surface area contributed by atoms with E-state index in [1.54, 1.807) is 13.8 Å². The van der Waals surface area contributed by atoms with Crippen molar-refractivity contribution in [2.45, 2.75) is 38.8 Å². The number of nitrogens with one attached hydrogen (secondary N) is 1. The fourth-order valence-electron chi connectivity index (χ4n) is 1.13. The maximum atomic E-state index is 10.1. The molecule has 6 nitrogen and oxygen atoms in total. The summed E-state index contributed by atoms with van der Waals surface area (Å²) in [7, 11) is 0. The van der Waals surface area contributed by atoms with Gasteiger partial charge < -0.3 is 20.9 Å². The van der Waals surface area contributed by atoms with Crippen molar-refractivity contribution in [3.05, 3.63) is 0 Å². The largest absolute Gasteiger partial charge is 0.480 e. The summed E-state index contributed by atoms with van der Waals surface area (Å²) in [6, 6.07) is -0.269. The molecule has 1 fully saturated rings. The zero-order chi connectivity index (χ0) is 11.8. The van der Waals surface area contributed by atoms with Gasteiger partial charge in [0.05, 0.1) is 6.10 Å². The van der Waals surface area contributed by atoms with Gasteiger partial charge in [-0.2, -0.15) is 0 Å². The molecule has 4 N–H and O–H groups in total. The molecule has 0 radical (unpaired) electrons. The van der Waals surface area contributed by atoms with Crippen molar-refractivity contribution >= 4 is 12.1 Å². The van der Waals surface area contributed by atoms with E-state index >= 15 is 0 Å². The van der Waals surface area contributed by atoms with Crippen LogP contribution in [-0.2, 0) is 9.53 Å². The third kappa shape index (κ3) is 7.75. The fourth-order valence-corrected chi connectivity index (χ4v) is 1.13. The first-order valence-electron chi connectivity index (χ1n) is 4.85. The quantitative estimate of drug-likeness (QED) is 0.619. The van der Waals surface area contributed by atoms with Crippen molar-refractivity contribution in [2.75, 3.05) is 6.54 Å². The molecule has 1 unspecified atom stereocenters. The first-order chi connectivity index (χ1) is 6.93. The van der Waals surface area contributed by atoms with Gasteiger partial charge in [0, 0.05) is 0 Å². The smallest absolute Gasteiger partial charge is 0.404 e. The molecule has 1 saturated heterocycles. The maximum absolute atomic E-state index is 10.1. The minimum absolute atomic E-state index is 0.0995. The highest BCUT2D eigenvalue weighted by Gasteiger charge is 2.20. The van der Waals surface area contributed by atoms with Gasteiger partial charge >= 0.3 is 12.1 Å². The van der Waals surface area contributed by atoms with Gasteiger partial charge in [0.1, 0.15) is 6.04 Å². The highest BCUT2D eigenvalue weighted by molar-refractivity contribution is 5.73. The Labute approximate surface area is 88.8 Å². The maximum Gasteiger partial charge on any atom is 0.404 e. The second-order valence-corrected chi connectivity index (χ2v) is 3.47. The lowest BCUT2D eigenvalue weighted by Gasteiger charge is -2.01. The molecular weight excluding hydrogens is 200 g/mol. The average molecular weight is 218 g/mol. The molecule has 0 saturated carbocycles. The Kier molecular flexibility index (Phi) is 6.44. The van der Waals surface area contributed by atoms with Gasteiger partial charge in [0.25, 0.3) is 0 Å². The third-order valence-electron chi connectivity index (χ3n) is 1.71. The number of carboxylic acid groups (broad SMARTS) is 1. The SMILES string of the molecule is CC(C)OC(N)=O.O=C(O)C1CCCN1. The number of carboxylic acids is 1. The van der Waals surface area contributed by atoms with E-state index in [0.29, 0.717) is 0 Å². The van der Waals surface area contributed by atoms with Crippen LogP contribution in [0.25, 0.3) is 0 Å². The molecular formula is C9H18N2O4. The Balaban J connectivity index is 0.000000265. The van der Waals surface area contributed by atoms with E-state index in [9.17, 15) is 9.59 Å². The van der Waals surface area contributed by atoms with Crippen molar-refractivity contribution < 1.29 is 19.4 Å². The van der Waals surface area contributed by atoms with Crippen molar-refractivity contribution in [2.24, 2.45) is 5.73 Å². The minimum atomic E-state index is -0.720. The van der Waals surface area contributed by atoms with Crippen LogP contribution in [0.3, 0.4) is 0 Å². The van der Waals surface area contributed by atoms with Gasteiger partial charge in [-0.15, -0.1) is 0 Å². The number of ether oxygens (including phenoxy) is 1. The Bertz CT molecular complexity index is 212. The normalized spacial score (nSPS) is 19.3. The molecule has 1 amide bonds. The topological polar surface area (TPSA) is 102 Å². The summed E-state index contributed by atoms with van der Waals surface area (Å²) < 4.78 is 4.39. The lowest BCUT2D eigenvalue weighted by Crippen LogP contribution is -2.29.